The Morgan fingerprint density at radius 2 is 2.00 bits per heavy atom. The molecule has 4 N–H and O–H groups in total. The van der Waals surface area contributed by atoms with Crippen LogP contribution in [0.4, 0.5) is 11.4 Å². The molecular weight excluding hydrogens is 352 g/mol. The quantitative estimate of drug-likeness (QED) is 0.648. The largest absolute Gasteiger partial charge is 0.380 e. The van der Waals surface area contributed by atoms with Gasteiger partial charge in [-0.2, -0.15) is 0 Å². The van der Waals surface area contributed by atoms with Crippen LogP contribution in [0.3, 0.4) is 0 Å². The molecule has 7 nitrogen and oxygen atoms in total. The van der Waals surface area contributed by atoms with Gasteiger partial charge < -0.3 is 11.1 Å². The fourth-order valence-electron chi connectivity index (χ4n) is 1.98. The minimum absolute atomic E-state index is 0.0272. The lowest BCUT2D eigenvalue weighted by Crippen LogP contribution is -2.17. The zero-order valence-corrected chi connectivity index (χ0v) is 14.5. The van der Waals surface area contributed by atoms with Crippen molar-refractivity contribution in [2.45, 2.75) is 13.5 Å². The Labute approximate surface area is 145 Å². The molecule has 0 aliphatic rings. The lowest BCUT2D eigenvalue weighted by atomic mass is 10.1. The highest BCUT2D eigenvalue weighted by atomic mass is 35.5. The first-order chi connectivity index (χ1) is 11.3. The molecule has 1 amide bonds. The second-order valence-electron chi connectivity index (χ2n) is 4.93. The third kappa shape index (κ3) is 4.59. The molecule has 24 heavy (non-hydrogen) atoms. The zero-order chi connectivity index (χ0) is 17.7. The van der Waals surface area contributed by atoms with Gasteiger partial charge in [-0.25, -0.2) is 13.4 Å². The van der Waals surface area contributed by atoms with Crippen molar-refractivity contribution >= 4 is 38.9 Å². The van der Waals surface area contributed by atoms with Gasteiger partial charge in [-0.1, -0.05) is 29.8 Å². The molecule has 0 radical (unpaired) electrons. The van der Waals surface area contributed by atoms with Crippen molar-refractivity contribution < 1.29 is 13.2 Å². The molecule has 9 heteroatoms. The summed E-state index contributed by atoms with van der Waals surface area (Å²) in [6, 6.07) is 8.44. The lowest BCUT2D eigenvalue weighted by molar-refractivity contribution is 0.100. The number of para-hydroxylation sites is 1. The first-order valence-corrected chi connectivity index (χ1v) is 9.13. The lowest BCUT2D eigenvalue weighted by Gasteiger charge is -2.14. The van der Waals surface area contributed by atoms with E-state index in [9.17, 15) is 13.2 Å². The summed E-state index contributed by atoms with van der Waals surface area (Å²) in [5, 5.41) is 3.25. The van der Waals surface area contributed by atoms with Crippen LogP contribution in [-0.4, -0.2) is 25.1 Å². The molecule has 128 valence electrons. The van der Waals surface area contributed by atoms with E-state index in [1.165, 1.54) is 12.3 Å². The Morgan fingerprint density at radius 1 is 1.29 bits per heavy atom. The minimum Gasteiger partial charge on any atom is -0.380 e. The van der Waals surface area contributed by atoms with E-state index in [-0.39, 0.29) is 23.0 Å². The molecule has 0 saturated carbocycles. The van der Waals surface area contributed by atoms with Gasteiger partial charge in [-0.3, -0.25) is 9.52 Å². The number of hydrogen-bond acceptors (Lipinski definition) is 5. The van der Waals surface area contributed by atoms with Crippen LogP contribution in [0.1, 0.15) is 22.8 Å². The highest BCUT2D eigenvalue weighted by Crippen LogP contribution is 2.22. The number of nitrogens with two attached hydrogens (primary N) is 1. The molecule has 0 saturated heterocycles. The van der Waals surface area contributed by atoms with E-state index >= 15 is 0 Å². The Balaban J connectivity index is 2.25. The van der Waals surface area contributed by atoms with Gasteiger partial charge in [0.05, 0.1) is 22.7 Å². The van der Waals surface area contributed by atoms with E-state index in [0.29, 0.717) is 16.9 Å². The van der Waals surface area contributed by atoms with Gasteiger partial charge in [0.25, 0.3) is 5.91 Å². The fraction of sp³-hybridized carbons (Fsp3) is 0.200. The first-order valence-electron chi connectivity index (χ1n) is 7.10. The van der Waals surface area contributed by atoms with Crippen LogP contribution in [0, 0.1) is 0 Å². The zero-order valence-electron chi connectivity index (χ0n) is 12.9. The Bertz CT molecular complexity index is 856. The van der Waals surface area contributed by atoms with Crippen LogP contribution >= 0.6 is 11.6 Å². The van der Waals surface area contributed by atoms with E-state index < -0.39 is 15.9 Å². The number of aromatic nitrogens is 1. The topological polar surface area (TPSA) is 114 Å². The molecule has 2 rings (SSSR count). The molecule has 0 fully saturated rings. The number of amides is 1. The number of nitrogens with one attached hydrogen (secondary N) is 2. The molecule has 0 aliphatic carbocycles. The van der Waals surface area contributed by atoms with Crippen LogP contribution in [0.15, 0.2) is 36.5 Å². The summed E-state index contributed by atoms with van der Waals surface area (Å²) in [6.07, 6.45) is 1.29. The predicted molar refractivity (Wildman–Crippen MR) is 94.6 cm³/mol. The van der Waals surface area contributed by atoms with Crippen LogP contribution < -0.4 is 15.8 Å². The summed E-state index contributed by atoms with van der Waals surface area (Å²) in [7, 11) is -3.39. The average Bonchev–Trinajstić information content (AvgIpc) is 2.53. The van der Waals surface area contributed by atoms with Gasteiger partial charge in [0.1, 0.15) is 5.15 Å². The maximum atomic E-state index is 11.8. The van der Waals surface area contributed by atoms with Crippen LogP contribution in [-0.2, 0) is 16.6 Å². The summed E-state index contributed by atoms with van der Waals surface area (Å²) >= 11 is 5.85. The Kier molecular flexibility index (Phi) is 5.63. The molecule has 0 aliphatic heterocycles. The molecule has 0 spiro atoms. The highest BCUT2D eigenvalue weighted by molar-refractivity contribution is 7.92. The Hall–Kier alpha value is -2.32. The molecular formula is C15H17ClN4O3S. The van der Waals surface area contributed by atoms with Gasteiger partial charge in [0.2, 0.25) is 10.0 Å². The van der Waals surface area contributed by atoms with E-state index in [4.69, 9.17) is 17.3 Å². The number of anilines is 2. The molecule has 2 aromatic rings. The average molecular weight is 369 g/mol. The van der Waals surface area contributed by atoms with Crippen LogP contribution in [0.25, 0.3) is 0 Å². The second kappa shape index (κ2) is 7.50. The summed E-state index contributed by atoms with van der Waals surface area (Å²) in [4.78, 5) is 15.3. The minimum atomic E-state index is -3.39. The number of nitrogens with zero attached hydrogens (tertiary/aromatic N) is 1. The van der Waals surface area contributed by atoms with Crippen molar-refractivity contribution in [3.63, 3.8) is 0 Å². The van der Waals surface area contributed by atoms with E-state index in [0.717, 1.165) is 0 Å². The van der Waals surface area contributed by atoms with E-state index in [1.54, 1.807) is 31.2 Å². The molecule has 1 aromatic carbocycles. The molecule has 0 unspecified atom stereocenters. The van der Waals surface area contributed by atoms with Crippen molar-refractivity contribution in [2.75, 3.05) is 15.8 Å². The van der Waals surface area contributed by atoms with Gasteiger partial charge in [0, 0.05) is 12.7 Å². The summed E-state index contributed by atoms with van der Waals surface area (Å²) in [5.74, 6) is -0.665. The number of pyridine rings is 1. The van der Waals surface area contributed by atoms with Crippen molar-refractivity contribution in [1.29, 1.82) is 0 Å². The van der Waals surface area contributed by atoms with Crippen molar-refractivity contribution in [3.8, 4) is 0 Å². The third-order valence-corrected chi connectivity index (χ3v) is 4.77. The number of halogens is 1. The number of benzene rings is 1. The summed E-state index contributed by atoms with van der Waals surface area (Å²) < 4.78 is 26.1. The number of sulfonamides is 1. The molecule has 1 heterocycles. The van der Waals surface area contributed by atoms with Gasteiger partial charge >= 0.3 is 0 Å². The molecule has 1 aromatic heterocycles. The van der Waals surface area contributed by atoms with E-state index in [1.807, 2.05) is 0 Å². The smallest absolute Gasteiger partial charge is 0.252 e. The normalized spacial score (nSPS) is 11.1. The maximum Gasteiger partial charge on any atom is 0.252 e. The summed E-state index contributed by atoms with van der Waals surface area (Å²) in [5.41, 5.74) is 7.11. The third-order valence-electron chi connectivity index (χ3n) is 3.27. The summed E-state index contributed by atoms with van der Waals surface area (Å²) in [6.45, 7) is 1.82. The maximum absolute atomic E-state index is 11.8. The van der Waals surface area contributed by atoms with Gasteiger partial charge in [-0.05, 0) is 24.6 Å². The van der Waals surface area contributed by atoms with Crippen LogP contribution in [0.2, 0.25) is 5.15 Å². The number of carbonyl (C=O) groups excluding carboxylic acids is 1. The number of carbonyl (C=O) groups is 1. The SMILES string of the molecule is CCS(=O)(=O)Nc1ccccc1CNc1cc(Cl)ncc1C(N)=O. The molecule has 0 atom stereocenters. The van der Waals surface area contributed by atoms with Crippen molar-refractivity contribution in [3.05, 3.63) is 52.8 Å². The number of primary amides is 1. The first kappa shape index (κ1) is 18.0. The van der Waals surface area contributed by atoms with Gasteiger partial charge in [-0.15, -0.1) is 0 Å². The Morgan fingerprint density at radius 3 is 2.67 bits per heavy atom. The highest BCUT2D eigenvalue weighted by Gasteiger charge is 2.12. The second-order valence-corrected chi connectivity index (χ2v) is 7.33. The van der Waals surface area contributed by atoms with Crippen LogP contribution in [0.5, 0.6) is 0 Å². The number of rotatable bonds is 7. The van der Waals surface area contributed by atoms with Gasteiger partial charge in [0.15, 0.2) is 0 Å². The monoisotopic (exact) mass is 368 g/mol. The van der Waals surface area contributed by atoms with Crippen molar-refractivity contribution in [1.82, 2.24) is 4.98 Å². The fourth-order valence-corrected chi connectivity index (χ4v) is 2.81. The van der Waals surface area contributed by atoms with E-state index in [2.05, 4.69) is 15.0 Å². The predicted octanol–water partition coefficient (Wildman–Crippen LogP) is 2.21. The number of hydrogen-bond donors (Lipinski definition) is 3. The van der Waals surface area contributed by atoms with Crippen molar-refractivity contribution in [2.24, 2.45) is 5.73 Å². The standard InChI is InChI=1S/C15H17ClN4O3S/c1-2-24(22,23)20-12-6-4-3-5-10(12)8-18-13-7-14(16)19-9-11(13)15(17)21/h3-7,9,20H,2,8H2,1H3,(H2,17,21)(H,18,19). The molecule has 0 bridgehead atoms.